The van der Waals surface area contributed by atoms with Crippen molar-refractivity contribution >= 4 is 5.91 Å². The van der Waals surface area contributed by atoms with E-state index in [0.717, 1.165) is 24.1 Å². The molecule has 0 bridgehead atoms. The Hall–Kier alpha value is -3.41. The van der Waals surface area contributed by atoms with Gasteiger partial charge in [-0.1, -0.05) is 18.2 Å². The van der Waals surface area contributed by atoms with E-state index in [1.807, 2.05) is 41.3 Å². The van der Waals surface area contributed by atoms with Gasteiger partial charge < -0.3 is 14.4 Å². The van der Waals surface area contributed by atoms with Crippen LogP contribution in [0.2, 0.25) is 0 Å². The molecule has 1 aliphatic carbocycles. The zero-order valence-corrected chi connectivity index (χ0v) is 17.5. The number of hydrogen-bond donors (Lipinski definition) is 0. The molecule has 1 fully saturated rings. The van der Waals surface area contributed by atoms with E-state index in [0.29, 0.717) is 36.6 Å². The van der Waals surface area contributed by atoms with Gasteiger partial charge in [-0.2, -0.15) is 0 Å². The maximum atomic E-state index is 13.6. The quantitative estimate of drug-likeness (QED) is 0.505. The molecule has 0 N–H and O–H groups in total. The van der Waals surface area contributed by atoms with Crippen molar-refractivity contribution in [3.8, 4) is 11.5 Å². The topological polar surface area (TPSA) is 51.7 Å². The number of benzene rings is 2. The Bertz CT molecular complexity index is 1040. The van der Waals surface area contributed by atoms with Gasteiger partial charge in [-0.15, -0.1) is 0 Å². The van der Waals surface area contributed by atoms with Gasteiger partial charge in [0.15, 0.2) is 11.5 Å². The minimum atomic E-state index is -0.408. The number of methoxy groups -OCH3 is 1. The normalized spacial score (nSPS) is 13.0. The Balaban J connectivity index is 1.47. The van der Waals surface area contributed by atoms with E-state index in [4.69, 9.17) is 9.47 Å². The zero-order valence-electron chi connectivity index (χ0n) is 17.5. The third kappa shape index (κ3) is 5.40. The SMILES string of the molecule is COc1ccc(CN(C(=O)c2cccc(F)c2)C2CC2)cc1OCCc1ccccn1. The van der Waals surface area contributed by atoms with Crippen LogP contribution in [0.15, 0.2) is 66.9 Å². The highest BCUT2D eigenvalue weighted by atomic mass is 19.1. The highest BCUT2D eigenvalue weighted by molar-refractivity contribution is 5.94. The molecular weight excluding hydrogens is 395 g/mol. The van der Waals surface area contributed by atoms with E-state index in [2.05, 4.69) is 4.98 Å². The van der Waals surface area contributed by atoms with Gasteiger partial charge in [0.05, 0.1) is 13.7 Å². The number of rotatable bonds is 9. The number of carbonyl (C=O) groups is 1. The van der Waals surface area contributed by atoms with Crippen molar-refractivity contribution in [1.82, 2.24) is 9.88 Å². The number of ether oxygens (including phenoxy) is 2. The Morgan fingerprint density at radius 2 is 1.97 bits per heavy atom. The molecule has 6 heteroatoms. The zero-order chi connectivity index (χ0) is 21.6. The Morgan fingerprint density at radius 3 is 2.68 bits per heavy atom. The third-order valence-electron chi connectivity index (χ3n) is 5.24. The standard InChI is InChI=1S/C25H25FN2O3/c1-30-23-11-8-18(15-24(23)31-14-12-21-7-2-3-13-27-21)17-28(22-9-10-22)25(29)19-5-4-6-20(26)16-19/h2-8,11,13,15-16,22H,9-10,12,14,17H2,1H3. The summed E-state index contributed by atoms with van der Waals surface area (Å²) in [7, 11) is 1.60. The van der Waals surface area contributed by atoms with Crippen molar-refractivity contribution < 1.29 is 18.7 Å². The van der Waals surface area contributed by atoms with Gasteiger partial charge in [0.1, 0.15) is 5.82 Å². The van der Waals surface area contributed by atoms with Crippen molar-refractivity contribution in [2.75, 3.05) is 13.7 Å². The number of hydrogen-bond acceptors (Lipinski definition) is 4. The smallest absolute Gasteiger partial charge is 0.254 e. The van der Waals surface area contributed by atoms with Crippen LogP contribution in [-0.4, -0.2) is 35.5 Å². The lowest BCUT2D eigenvalue weighted by molar-refractivity contribution is 0.0729. The van der Waals surface area contributed by atoms with Gasteiger partial charge in [0.2, 0.25) is 0 Å². The van der Waals surface area contributed by atoms with Crippen LogP contribution in [0.1, 0.15) is 34.5 Å². The minimum absolute atomic E-state index is 0.157. The van der Waals surface area contributed by atoms with Gasteiger partial charge >= 0.3 is 0 Å². The Labute approximate surface area is 181 Å². The molecule has 0 aliphatic heterocycles. The second kappa shape index (κ2) is 9.60. The van der Waals surface area contributed by atoms with Crippen LogP contribution in [-0.2, 0) is 13.0 Å². The second-order valence-corrected chi connectivity index (χ2v) is 7.58. The van der Waals surface area contributed by atoms with E-state index in [1.165, 1.54) is 12.1 Å². The first-order valence-corrected chi connectivity index (χ1v) is 10.4. The first-order chi connectivity index (χ1) is 15.1. The average molecular weight is 420 g/mol. The summed E-state index contributed by atoms with van der Waals surface area (Å²) < 4.78 is 25.0. The fourth-order valence-corrected chi connectivity index (χ4v) is 3.48. The van der Waals surface area contributed by atoms with Gasteiger partial charge in [0, 0.05) is 36.5 Å². The summed E-state index contributed by atoms with van der Waals surface area (Å²) in [6.07, 6.45) is 4.37. The molecule has 0 spiro atoms. The van der Waals surface area contributed by atoms with E-state index < -0.39 is 5.82 Å². The number of carbonyl (C=O) groups excluding carboxylic acids is 1. The van der Waals surface area contributed by atoms with Gasteiger partial charge in [-0.05, 0) is 60.9 Å². The summed E-state index contributed by atoms with van der Waals surface area (Å²) in [4.78, 5) is 19.1. The molecule has 0 saturated heterocycles. The fourth-order valence-electron chi connectivity index (χ4n) is 3.48. The lowest BCUT2D eigenvalue weighted by atomic mass is 10.1. The van der Waals surface area contributed by atoms with E-state index >= 15 is 0 Å². The molecule has 0 radical (unpaired) electrons. The first kappa shape index (κ1) is 20.8. The van der Waals surface area contributed by atoms with Gasteiger partial charge in [0.25, 0.3) is 5.91 Å². The van der Waals surface area contributed by atoms with Crippen LogP contribution in [0.3, 0.4) is 0 Å². The van der Waals surface area contributed by atoms with Crippen LogP contribution in [0.25, 0.3) is 0 Å². The molecule has 1 amide bonds. The summed E-state index contributed by atoms with van der Waals surface area (Å²) >= 11 is 0. The van der Waals surface area contributed by atoms with Crippen LogP contribution >= 0.6 is 0 Å². The minimum Gasteiger partial charge on any atom is -0.493 e. The molecule has 0 unspecified atom stereocenters. The summed E-state index contributed by atoms with van der Waals surface area (Å²) in [5.41, 5.74) is 2.26. The number of pyridine rings is 1. The van der Waals surface area contributed by atoms with Crippen LogP contribution in [0, 0.1) is 5.82 Å². The highest BCUT2D eigenvalue weighted by Gasteiger charge is 2.33. The molecule has 5 nitrogen and oxygen atoms in total. The van der Waals surface area contributed by atoms with Crippen molar-refractivity contribution in [2.45, 2.75) is 31.8 Å². The summed E-state index contributed by atoms with van der Waals surface area (Å²) in [5.74, 6) is 0.703. The lowest BCUT2D eigenvalue weighted by Crippen LogP contribution is -2.32. The Kier molecular flexibility index (Phi) is 6.46. The first-order valence-electron chi connectivity index (χ1n) is 10.4. The van der Waals surface area contributed by atoms with Crippen molar-refractivity contribution in [1.29, 1.82) is 0 Å². The molecule has 1 saturated carbocycles. The van der Waals surface area contributed by atoms with E-state index in [9.17, 15) is 9.18 Å². The predicted octanol–water partition coefficient (Wildman–Crippen LogP) is 4.66. The second-order valence-electron chi connectivity index (χ2n) is 7.58. The largest absolute Gasteiger partial charge is 0.493 e. The van der Waals surface area contributed by atoms with E-state index in [-0.39, 0.29) is 11.9 Å². The van der Waals surface area contributed by atoms with Gasteiger partial charge in [-0.25, -0.2) is 4.39 Å². The number of amides is 1. The molecule has 4 rings (SSSR count). The monoisotopic (exact) mass is 420 g/mol. The third-order valence-corrected chi connectivity index (χ3v) is 5.24. The van der Waals surface area contributed by atoms with Crippen molar-refractivity contribution in [3.63, 3.8) is 0 Å². The van der Waals surface area contributed by atoms with Gasteiger partial charge in [-0.3, -0.25) is 9.78 Å². The molecule has 3 aromatic rings. The molecule has 31 heavy (non-hydrogen) atoms. The molecule has 1 aromatic heterocycles. The van der Waals surface area contributed by atoms with E-state index in [1.54, 1.807) is 25.4 Å². The van der Waals surface area contributed by atoms with Crippen molar-refractivity contribution in [2.24, 2.45) is 0 Å². The Morgan fingerprint density at radius 1 is 1.10 bits per heavy atom. The van der Waals surface area contributed by atoms with Crippen molar-refractivity contribution in [3.05, 3.63) is 89.5 Å². The molecule has 0 atom stereocenters. The van der Waals surface area contributed by atoms with Crippen LogP contribution < -0.4 is 9.47 Å². The number of aromatic nitrogens is 1. The number of halogens is 1. The number of nitrogens with zero attached hydrogens (tertiary/aromatic N) is 2. The summed E-state index contributed by atoms with van der Waals surface area (Å²) in [6, 6.07) is 17.5. The average Bonchev–Trinajstić information content (AvgIpc) is 3.63. The summed E-state index contributed by atoms with van der Waals surface area (Å²) in [6.45, 7) is 0.895. The highest BCUT2D eigenvalue weighted by Crippen LogP contribution is 2.33. The molecule has 160 valence electrons. The van der Waals surface area contributed by atoms with Crippen LogP contribution in [0.5, 0.6) is 11.5 Å². The summed E-state index contributed by atoms with van der Waals surface area (Å²) in [5, 5.41) is 0. The fraction of sp³-hybridized carbons (Fsp3) is 0.280. The maximum Gasteiger partial charge on any atom is 0.254 e. The van der Waals surface area contributed by atoms with Crippen LogP contribution in [0.4, 0.5) is 4.39 Å². The lowest BCUT2D eigenvalue weighted by Gasteiger charge is -2.23. The maximum absolute atomic E-state index is 13.6. The molecule has 2 aromatic carbocycles. The molecule has 1 heterocycles. The molecular formula is C25H25FN2O3. The molecule has 1 aliphatic rings. The predicted molar refractivity (Wildman–Crippen MR) is 116 cm³/mol.